The molecule has 0 amide bonds. The van der Waals surface area contributed by atoms with Crippen LogP contribution in [0.3, 0.4) is 0 Å². The molecular formula is C16H24BrNO. The Bertz CT molecular complexity index is 338. The van der Waals surface area contributed by atoms with E-state index in [1.807, 2.05) is 30.3 Å². The number of benzene rings is 1. The van der Waals surface area contributed by atoms with E-state index >= 15 is 0 Å². The van der Waals surface area contributed by atoms with Gasteiger partial charge in [0.05, 0.1) is 6.61 Å². The molecule has 1 aliphatic rings. The summed E-state index contributed by atoms with van der Waals surface area (Å²) in [5, 5.41) is 1.07. The Kier molecular flexibility index (Phi) is 6.72. The molecule has 0 bridgehead atoms. The lowest BCUT2D eigenvalue weighted by atomic mass is 10.2. The molecule has 1 saturated carbocycles. The largest absolute Gasteiger partial charge is 0.494 e. The minimum absolute atomic E-state index is 0.814. The SMILES string of the molecule is BrCCN(CCCOc1ccccc1)C1CCCC1. The zero-order valence-electron chi connectivity index (χ0n) is 11.6. The molecule has 2 rings (SSSR count). The number of nitrogens with zero attached hydrogens (tertiary/aromatic N) is 1. The highest BCUT2D eigenvalue weighted by Crippen LogP contribution is 2.23. The Balaban J connectivity index is 1.67. The van der Waals surface area contributed by atoms with Gasteiger partial charge in [0.2, 0.25) is 0 Å². The Hall–Kier alpha value is -0.540. The first-order valence-corrected chi connectivity index (χ1v) is 8.50. The van der Waals surface area contributed by atoms with Crippen LogP contribution >= 0.6 is 15.9 Å². The topological polar surface area (TPSA) is 12.5 Å². The van der Waals surface area contributed by atoms with Gasteiger partial charge in [0, 0.05) is 24.5 Å². The van der Waals surface area contributed by atoms with E-state index in [1.165, 1.54) is 25.7 Å². The summed E-state index contributed by atoms with van der Waals surface area (Å²) in [6, 6.07) is 10.9. The van der Waals surface area contributed by atoms with Crippen molar-refractivity contribution in [2.24, 2.45) is 0 Å². The lowest BCUT2D eigenvalue weighted by Gasteiger charge is -2.28. The lowest BCUT2D eigenvalue weighted by Crippen LogP contribution is -2.36. The summed E-state index contributed by atoms with van der Waals surface area (Å²) in [6.07, 6.45) is 6.69. The highest BCUT2D eigenvalue weighted by molar-refractivity contribution is 9.09. The van der Waals surface area contributed by atoms with Crippen LogP contribution < -0.4 is 4.74 Å². The Morgan fingerprint density at radius 1 is 1.11 bits per heavy atom. The number of hydrogen-bond acceptors (Lipinski definition) is 2. The number of para-hydroxylation sites is 1. The third-order valence-electron chi connectivity index (χ3n) is 3.81. The Morgan fingerprint density at radius 3 is 2.53 bits per heavy atom. The van der Waals surface area contributed by atoms with Crippen molar-refractivity contribution in [3.05, 3.63) is 30.3 Å². The van der Waals surface area contributed by atoms with Gasteiger partial charge in [0.15, 0.2) is 0 Å². The van der Waals surface area contributed by atoms with Crippen molar-refractivity contribution in [1.29, 1.82) is 0 Å². The normalized spacial score (nSPS) is 16.1. The molecule has 0 aliphatic heterocycles. The number of alkyl halides is 1. The molecule has 106 valence electrons. The molecule has 2 nitrogen and oxygen atoms in total. The number of ether oxygens (including phenoxy) is 1. The molecule has 1 fully saturated rings. The molecule has 0 atom stereocenters. The second-order valence-electron chi connectivity index (χ2n) is 5.18. The van der Waals surface area contributed by atoms with Gasteiger partial charge in [0.25, 0.3) is 0 Å². The molecule has 0 radical (unpaired) electrons. The lowest BCUT2D eigenvalue weighted by molar-refractivity contribution is 0.190. The molecule has 1 aromatic rings. The molecule has 0 unspecified atom stereocenters. The van der Waals surface area contributed by atoms with Gasteiger partial charge >= 0.3 is 0 Å². The van der Waals surface area contributed by atoms with E-state index in [9.17, 15) is 0 Å². The first-order valence-electron chi connectivity index (χ1n) is 7.38. The van der Waals surface area contributed by atoms with Crippen molar-refractivity contribution < 1.29 is 4.74 Å². The van der Waals surface area contributed by atoms with Crippen LogP contribution in [0.25, 0.3) is 0 Å². The fraction of sp³-hybridized carbons (Fsp3) is 0.625. The van der Waals surface area contributed by atoms with Gasteiger partial charge in [-0.25, -0.2) is 0 Å². The molecule has 0 saturated heterocycles. The number of hydrogen-bond donors (Lipinski definition) is 0. The van der Waals surface area contributed by atoms with E-state index in [0.717, 1.165) is 43.2 Å². The minimum atomic E-state index is 0.814. The average molecular weight is 326 g/mol. The van der Waals surface area contributed by atoms with Gasteiger partial charge in [-0.15, -0.1) is 0 Å². The van der Waals surface area contributed by atoms with E-state index in [4.69, 9.17) is 4.74 Å². The summed E-state index contributed by atoms with van der Waals surface area (Å²) in [7, 11) is 0. The Morgan fingerprint density at radius 2 is 1.84 bits per heavy atom. The van der Waals surface area contributed by atoms with Crippen LogP contribution in [0, 0.1) is 0 Å². The summed E-state index contributed by atoms with van der Waals surface area (Å²) in [5.41, 5.74) is 0. The molecule has 0 spiro atoms. The highest BCUT2D eigenvalue weighted by atomic mass is 79.9. The summed E-state index contributed by atoms with van der Waals surface area (Å²) < 4.78 is 5.76. The number of halogens is 1. The minimum Gasteiger partial charge on any atom is -0.494 e. The molecule has 3 heteroatoms. The third kappa shape index (κ3) is 5.15. The number of rotatable bonds is 8. The van der Waals surface area contributed by atoms with Crippen LogP contribution in [-0.4, -0.2) is 36.0 Å². The fourth-order valence-electron chi connectivity index (χ4n) is 2.83. The third-order valence-corrected chi connectivity index (χ3v) is 4.17. The van der Waals surface area contributed by atoms with Crippen LogP contribution in [0.5, 0.6) is 5.75 Å². The van der Waals surface area contributed by atoms with E-state index in [0.29, 0.717) is 0 Å². The molecule has 0 heterocycles. The molecular weight excluding hydrogens is 302 g/mol. The van der Waals surface area contributed by atoms with Gasteiger partial charge in [-0.2, -0.15) is 0 Å². The van der Waals surface area contributed by atoms with E-state index < -0.39 is 0 Å². The van der Waals surface area contributed by atoms with Crippen LogP contribution in [-0.2, 0) is 0 Å². The zero-order valence-corrected chi connectivity index (χ0v) is 13.1. The van der Waals surface area contributed by atoms with Crippen LogP contribution in [0.1, 0.15) is 32.1 Å². The van der Waals surface area contributed by atoms with Crippen molar-refractivity contribution in [1.82, 2.24) is 4.90 Å². The van der Waals surface area contributed by atoms with Crippen LogP contribution in [0.4, 0.5) is 0 Å². The van der Waals surface area contributed by atoms with Gasteiger partial charge in [-0.1, -0.05) is 47.0 Å². The first-order chi connectivity index (χ1) is 9.40. The van der Waals surface area contributed by atoms with Gasteiger partial charge in [0.1, 0.15) is 5.75 Å². The fourth-order valence-corrected chi connectivity index (χ4v) is 3.28. The molecule has 19 heavy (non-hydrogen) atoms. The maximum Gasteiger partial charge on any atom is 0.119 e. The second kappa shape index (κ2) is 8.60. The summed E-state index contributed by atoms with van der Waals surface area (Å²) in [5.74, 6) is 0.982. The van der Waals surface area contributed by atoms with Crippen molar-refractivity contribution >= 4 is 15.9 Å². The van der Waals surface area contributed by atoms with E-state index in [1.54, 1.807) is 0 Å². The highest BCUT2D eigenvalue weighted by Gasteiger charge is 2.21. The maximum atomic E-state index is 5.76. The standard InChI is InChI=1S/C16H24BrNO/c17-11-13-18(15-7-4-5-8-15)12-6-14-19-16-9-2-1-3-10-16/h1-3,9-10,15H,4-8,11-14H2. The zero-order chi connectivity index (χ0) is 13.3. The Labute approximate surface area is 125 Å². The predicted octanol–water partition coefficient (Wildman–Crippen LogP) is 4.10. The summed E-state index contributed by atoms with van der Waals surface area (Å²) in [4.78, 5) is 2.64. The van der Waals surface area contributed by atoms with Crippen LogP contribution in [0.15, 0.2) is 30.3 Å². The van der Waals surface area contributed by atoms with Crippen molar-refractivity contribution in [2.75, 3.05) is 25.0 Å². The quantitative estimate of drug-likeness (QED) is 0.527. The van der Waals surface area contributed by atoms with Gasteiger partial charge in [-0.05, 0) is 31.4 Å². The molecule has 0 aromatic heterocycles. The second-order valence-corrected chi connectivity index (χ2v) is 5.97. The van der Waals surface area contributed by atoms with E-state index in [-0.39, 0.29) is 0 Å². The van der Waals surface area contributed by atoms with Crippen molar-refractivity contribution in [3.63, 3.8) is 0 Å². The van der Waals surface area contributed by atoms with Crippen LogP contribution in [0.2, 0.25) is 0 Å². The molecule has 1 aromatic carbocycles. The molecule has 0 N–H and O–H groups in total. The smallest absolute Gasteiger partial charge is 0.119 e. The summed E-state index contributed by atoms with van der Waals surface area (Å²) in [6.45, 7) is 3.13. The van der Waals surface area contributed by atoms with Crippen molar-refractivity contribution in [2.45, 2.75) is 38.1 Å². The predicted molar refractivity (Wildman–Crippen MR) is 84.2 cm³/mol. The molecule has 1 aliphatic carbocycles. The first kappa shape index (κ1) is 14.9. The summed E-state index contributed by atoms with van der Waals surface area (Å²) >= 11 is 3.57. The van der Waals surface area contributed by atoms with Crippen molar-refractivity contribution in [3.8, 4) is 5.75 Å². The maximum absolute atomic E-state index is 5.76. The monoisotopic (exact) mass is 325 g/mol. The van der Waals surface area contributed by atoms with Gasteiger partial charge in [-0.3, -0.25) is 4.90 Å². The van der Waals surface area contributed by atoms with E-state index in [2.05, 4.69) is 20.8 Å². The average Bonchev–Trinajstić information content (AvgIpc) is 2.97. The van der Waals surface area contributed by atoms with Gasteiger partial charge < -0.3 is 4.74 Å².